The molecule has 4 rings (SSSR count). The van der Waals surface area contributed by atoms with Crippen molar-refractivity contribution in [3.05, 3.63) is 48.3 Å². The van der Waals surface area contributed by atoms with Crippen LogP contribution in [-0.4, -0.2) is 71.3 Å². The van der Waals surface area contributed by atoms with E-state index in [1.54, 1.807) is 12.4 Å². The van der Waals surface area contributed by atoms with Gasteiger partial charge in [-0.25, -0.2) is 15.1 Å². The predicted octanol–water partition coefficient (Wildman–Crippen LogP) is 1.68. The average molecular weight is 488 g/mol. The fraction of sp³-hybridized carbons (Fsp3) is 0.435. The number of aryl methyl sites for hydroxylation is 1. The van der Waals surface area contributed by atoms with E-state index in [0.29, 0.717) is 22.6 Å². The minimum atomic E-state index is -3.79. The Labute approximate surface area is 198 Å². The molecule has 3 N–H and O–H groups in total. The van der Waals surface area contributed by atoms with Crippen LogP contribution in [0.5, 0.6) is 5.88 Å². The Kier molecular flexibility index (Phi) is 7.69. The van der Waals surface area contributed by atoms with Crippen LogP contribution in [0.4, 0.5) is 0 Å². The average Bonchev–Trinajstić information content (AvgIpc) is 2.85. The first-order valence-corrected chi connectivity index (χ1v) is 12.7. The van der Waals surface area contributed by atoms with Gasteiger partial charge < -0.3 is 14.6 Å². The van der Waals surface area contributed by atoms with Crippen LogP contribution in [-0.2, 0) is 21.4 Å². The lowest BCUT2D eigenvalue weighted by atomic mass is 10.0. The number of aromatic nitrogens is 3. The van der Waals surface area contributed by atoms with Crippen LogP contribution in [0, 0.1) is 0 Å². The van der Waals surface area contributed by atoms with E-state index in [0.717, 1.165) is 30.4 Å². The first-order valence-electron chi connectivity index (χ1n) is 11.2. The van der Waals surface area contributed by atoms with E-state index >= 15 is 0 Å². The molecule has 1 unspecified atom stereocenters. The summed E-state index contributed by atoms with van der Waals surface area (Å²) in [5.74, 6) is 0.298. The van der Waals surface area contributed by atoms with E-state index in [9.17, 15) is 13.5 Å². The highest BCUT2D eigenvalue weighted by molar-refractivity contribution is 7.86. The molecular weight excluding hydrogens is 458 g/mol. The molecule has 3 heterocycles. The number of nitrogens with two attached hydrogens (primary N) is 1. The molecule has 2 aromatic heterocycles. The first kappa shape index (κ1) is 24.4. The fourth-order valence-corrected chi connectivity index (χ4v) is 4.47. The minimum Gasteiger partial charge on any atom is -0.473 e. The SMILES string of the molecule is CC[C@@H](O)CCc1ccc(-c2cc3nccnc3c(OCC3CN(S(N)(=O)=O)CCO3)n2)cc1. The van der Waals surface area contributed by atoms with Crippen molar-refractivity contribution in [1.82, 2.24) is 19.3 Å². The van der Waals surface area contributed by atoms with Crippen molar-refractivity contribution in [1.29, 1.82) is 0 Å². The summed E-state index contributed by atoms with van der Waals surface area (Å²) in [6.07, 6.45) is 4.67. The molecule has 1 fully saturated rings. The lowest BCUT2D eigenvalue weighted by Gasteiger charge is -2.30. The van der Waals surface area contributed by atoms with Gasteiger partial charge >= 0.3 is 0 Å². The normalized spacial score (nSPS) is 18.1. The highest BCUT2D eigenvalue weighted by atomic mass is 32.2. The van der Waals surface area contributed by atoms with E-state index in [-0.39, 0.29) is 32.4 Å². The number of fused-ring (bicyclic) bond motifs is 1. The molecule has 3 aromatic rings. The van der Waals surface area contributed by atoms with Gasteiger partial charge in [-0.2, -0.15) is 12.7 Å². The van der Waals surface area contributed by atoms with Gasteiger partial charge in [0.1, 0.15) is 12.7 Å². The lowest BCUT2D eigenvalue weighted by Crippen LogP contribution is -2.49. The summed E-state index contributed by atoms with van der Waals surface area (Å²) in [7, 11) is -3.79. The molecule has 34 heavy (non-hydrogen) atoms. The standard InChI is InChI=1S/C23H29N5O5S/c1-2-18(29)8-5-16-3-6-17(7-4-16)20-13-21-22(26-10-9-25-21)23(27-20)33-15-19-14-28(11-12-32-19)34(24,30)31/h3-4,6-7,9-10,13,18-19,29H,2,5,8,11-12,14-15H2,1H3,(H2,24,30,31)/t18-,19?/m1/s1. The summed E-state index contributed by atoms with van der Waals surface area (Å²) in [6, 6.07) is 9.87. The quantitative estimate of drug-likeness (QED) is 0.464. The van der Waals surface area contributed by atoms with Crippen LogP contribution >= 0.6 is 0 Å². The van der Waals surface area contributed by atoms with Gasteiger partial charge in [-0.3, -0.25) is 4.98 Å². The van der Waals surface area contributed by atoms with Crippen LogP contribution in [0.1, 0.15) is 25.3 Å². The maximum absolute atomic E-state index is 11.7. The maximum Gasteiger partial charge on any atom is 0.277 e. The number of benzene rings is 1. The Morgan fingerprint density at radius 2 is 2.03 bits per heavy atom. The number of hydrogen-bond donors (Lipinski definition) is 2. The fourth-order valence-electron chi connectivity index (χ4n) is 3.77. The van der Waals surface area contributed by atoms with Gasteiger partial charge in [0.2, 0.25) is 5.88 Å². The molecule has 1 aromatic carbocycles. The van der Waals surface area contributed by atoms with Crippen molar-refractivity contribution in [3.63, 3.8) is 0 Å². The zero-order valence-electron chi connectivity index (χ0n) is 19.0. The van der Waals surface area contributed by atoms with Gasteiger partial charge in [0, 0.05) is 31.0 Å². The summed E-state index contributed by atoms with van der Waals surface area (Å²) >= 11 is 0. The Bertz CT molecular complexity index is 1220. The monoisotopic (exact) mass is 487 g/mol. The van der Waals surface area contributed by atoms with E-state index in [4.69, 9.17) is 14.6 Å². The van der Waals surface area contributed by atoms with Gasteiger partial charge in [0.25, 0.3) is 10.2 Å². The predicted molar refractivity (Wildman–Crippen MR) is 127 cm³/mol. The molecule has 0 saturated carbocycles. The summed E-state index contributed by atoms with van der Waals surface area (Å²) in [6.45, 7) is 2.62. The molecule has 0 spiro atoms. The van der Waals surface area contributed by atoms with Gasteiger partial charge in [-0.05, 0) is 30.9 Å². The third-order valence-corrected chi connectivity index (χ3v) is 6.83. The van der Waals surface area contributed by atoms with Gasteiger partial charge in [-0.15, -0.1) is 0 Å². The largest absolute Gasteiger partial charge is 0.473 e. The van der Waals surface area contributed by atoms with Crippen LogP contribution in [0.25, 0.3) is 22.3 Å². The van der Waals surface area contributed by atoms with Crippen LogP contribution in [0.15, 0.2) is 42.7 Å². The number of nitrogens with zero attached hydrogens (tertiary/aromatic N) is 4. The molecule has 10 nitrogen and oxygen atoms in total. The van der Waals surface area contributed by atoms with Crippen molar-refractivity contribution in [2.45, 2.75) is 38.4 Å². The molecule has 0 aliphatic carbocycles. The first-order chi connectivity index (χ1) is 16.3. The zero-order valence-corrected chi connectivity index (χ0v) is 19.8. The number of ether oxygens (including phenoxy) is 2. The number of morpholine rings is 1. The molecule has 11 heteroatoms. The number of pyridine rings is 1. The lowest BCUT2D eigenvalue weighted by molar-refractivity contribution is -0.0254. The van der Waals surface area contributed by atoms with Gasteiger partial charge in [0.15, 0.2) is 5.52 Å². The maximum atomic E-state index is 11.7. The third-order valence-electron chi connectivity index (χ3n) is 5.78. The van der Waals surface area contributed by atoms with Crippen LogP contribution < -0.4 is 9.88 Å². The molecule has 0 amide bonds. The van der Waals surface area contributed by atoms with Crippen molar-refractivity contribution in [3.8, 4) is 17.1 Å². The van der Waals surface area contributed by atoms with Crippen molar-refractivity contribution >= 4 is 21.2 Å². The summed E-state index contributed by atoms with van der Waals surface area (Å²) < 4.78 is 36.1. The van der Waals surface area contributed by atoms with E-state index < -0.39 is 16.3 Å². The topological polar surface area (TPSA) is 141 Å². The Morgan fingerprint density at radius 1 is 1.26 bits per heavy atom. The highest BCUT2D eigenvalue weighted by Gasteiger charge is 2.28. The molecular formula is C23H29N5O5S. The number of aliphatic hydroxyl groups excluding tert-OH is 1. The smallest absolute Gasteiger partial charge is 0.277 e. The minimum absolute atomic E-state index is 0.0901. The molecule has 1 saturated heterocycles. The second-order valence-electron chi connectivity index (χ2n) is 8.24. The summed E-state index contributed by atoms with van der Waals surface area (Å²) in [5.41, 5.74) is 3.86. The van der Waals surface area contributed by atoms with E-state index in [1.165, 1.54) is 4.31 Å². The molecule has 1 aliphatic rings. The van der Waals surface area contributed by atoms with Crippen molar-refractivity contribution in [2.75, 3.05) is 26.3 Å². The number of rotatable bonds is 9. The molecule has 182 valence electrons. The number of hydrogen-bond acceptors (Lipinski definition) is 8. The summed E-state index contributed by atoms with van der Waals surface area (Å²) in [4.78, 5) is 13.4. The third kappa shape index (κ3) is 6.05. The zero-order chi connectivity index (χ0) is 24.1. The Balaban J connectivity index is 1.53. The van der Waals surface area contributed by atoms with Gasteiger partial charge in [-0.1, -0.05) is 31.2 Å². The molecule has 0 bridgehead atoms. The highest BCUT2D eigenvalue weighted by Crippen LogP contribution is 2.27. The summed E-state index contributed by atoms with van der Waals surface area (Å²) in [5, 5.41) is 15.0. The van der Waals surface area contributed by atoms with Crippen LogP contribution in [0.2, 0.25) is 0 Å². The second-order valence-corrected chi connectivity index (χ2v) is 9.79. The Hall–Kier alpha value is -2.70. The molecule has 1 aliphatic heterocycles. The van der Waals surface area contributed by atoms with E-state index in [1.807, 2.05) is 37.3 Å². The van der Waals surface area contributed by atoms with Crippen molar-refractivity contribution < 1.29 is 23.0 Å². The van der Waals surface area contributed by atoms with Crippen molar-refractivity contribution in [2.24, 2.45) is 5.14 Å². The number of aliphatic hydroxyl groups is 1. The molecule has 2 atom stereocenters. The van der Waals surface area contributed by atoms with E-state index in [2.05, 4.69) is 15.0 Å². The molecule has 0 radical (unpaired) electrons. The van der Waals surface area contributed by atoms with Crippen LogP contribution in [0.3, 0.4) is 0 Å². The second kappa shape index (κ2) is 10.7. The van der Waals surface area contributed by atoms with Gasteiger partial charge in [0.05, 0.1) is 23.9 Å². The Morgan fingerprint density at radius 3 is 2.76 bits per heavy atom.